The van der Waals surface area contributed by atoms with Crippen LogP contribution in [0.1, 0.15) is 0 Å². The number of halogens is 4. The smallest absolute Gasteiger partial charge is 0.264 e. The van der Waals surface area contributed by atoms with E-state index in [2.05, 4.69) is 52.5 Å². The zero-order valence-electron chi connectivity index (χ0n) is 10.2. The van der Waals surface area contributed by atoms with Crippen LogP contribution in [-0.2, 0) is 10.0 Å². The summed E-state index contributed by atoms with van der Waals surface area (Å²) in [4.78, 5) is -0.0205. The van der Waals surface area contributed by atoms with Gasteiger partial charge in [-0.15, -0.1) is 0 Å². The van der Waals surface area contributed by atoms with Crippen LogP contribution in [0.5, 0.6) is 0 Å². The minimum Gasteiger partial charge on any atom is -0.399 e. The summed E-state index contributed by atoms with van der Waals surface area (Å²) < 4.78 is 41.5. The second kappa shape index (κ2) is 6.23. The van der Waals surface area contributed by atoms with Gasteiger partial charge < -0.3 is 5.73 Å². The summed E-state index contributed by atoms with van der Waals surface area (Å²) >= 11 is 9.50. The molecule has 4 nitrogen and oxygen atoms in total. The first-order valence-corrected chi connectivity index (χ1v) is 9.29. The first kappa shape index (κ1) is 16.7. The van der Waals surface area contributed by atoms with Crippen molar-refractivity contribution in [1.29, 1.82) is 0 Å². The molecule has 2 rings (SSSR count). The Morgan fingerprint density at radius 1 is 1.00 bits per heavy atom. The molecule has 0 aromatic heterocycles. The zero-order valence-corrected chi connectivity index (χ0v) is 15.8. The Morgan fingerprint density at radius 3 is 2.14 bits per heavy atom. The number of hydrogen-bond donors (Lipinski definition) is 2. The van der Waals surface area contributed by atoms with Crippen LogP contribution >= 0.6 is 47.8 Å². The van der Waals surface area contributed by atoms with Crippen molar-refractivity contribution >= 4 is 69.2 Å². The molecule has 0 saturated heterocycles. The minimum atomic E-state index is -3.93. The average molecular weight is 503 g/mol. The van der Waals surface area contributed by atoms with Gasteiger partial charge in [0.25, 0.3) is 10.0 Å². The molecule has 0 heterocycles. The molecule has 0 radical (unpaired) electrons. The molecule has 2 aromatic rings. The highest BCUT2D eigenvalue weighted by atomic mass is 79.9. The Labute approximate surface area is 146 Å². The van der Waals surface area contributed by atoms with E-state index in [-0.39, 0.29) is 10.6 Å². The largest absolute Gasteiger partial charge is 0.399 e. The Balaban J connectivity index is 2.51. The summed E-state index contributed by atoms with van der Waals surface area (Å²) in [5, 5.41) is 0. The van der Waals surface area contributed by atoms with E-state index in [9.17, 15) is 12.8 Å². The fraction of sp³-hybridized carbons (Fsp3) is 0. The Morgan fingerprint density at radius 2 is 1.57 bits per heavy atom. The molecule has 2 aromatic carbocycles. The predicted molar refractivity (Wildman–Crippen MR) is 91.2 cm³/mol. The second-order valence-corrected chi connectivity index (χ2v) is 8.23. The topological polar surface area (TPSA) is 72.2 Å². The summed E-state index contributed by atoms with van der Waals surface area (Å²) in [6, 6.07) is 6.66. The molecule has 0 atom stereocenters. The standard InChI is InChI=1S/C12H8Br3FN2O2S/c13-8-2-1-6(16)3-11(8)18-21(19,20)12-9(14)4-7(17)5-10(12)15/h1-5,18H,17H2. The maximum atomic E-state index is 13.2. The molecule has 112 valence electrons. The molecule has 0 bridgehead atoms. The van der Waals surface area contributed by atoms with Crippen LogP contribution in [0.2, 0.25) is 0 Å². The molecule has 9 heteroatoms. The van der Waals surface area contributed by atoms with Gasteiger partial charge in [-0.25, -0.2) is 12.8 Å². The molecule has 0 spiro atoms. The van der Waals surface area contributed by atoms with E-state index in [1.807, 2.05) is 0 Å². The van der Waals surface area contributed by atoms with Crippen molar-refractivity contribution in [2.75, 3.05) is 10.5 Å². The van der Waals surface area contributed by atoms with E-state index < -0.39 is 15.8 Å². The highest BCUT2D eigenvalue weighted by Crippen LogP contribution is 2.34. The highest BCUT2D eigenvalue weighted by molar-refractivity contribution is 9.11. The van der Waals surface area contributed by atoms with Gasteiger partial charge in [-0.2, -0.15) is 0 Å². The van der Waals surface area contributed by atoms with E-state index in [0.29, 0.717) is 19.1 Å². The molecule has 0 fully saturated rings. The van der Waals surface area contributed by atoms with Gasteiger partial charge in [0.1, 0.15) is 10.7 Å². The predicted octanol–water partition coefficient (Wildman–Crippen LogP) is 4.50. The maximum absolute atomic E-state index is 13.2. The first-order valence-electron chi connectivity index (χ1n) is 5.43. The molecule has 21 heavy (non-hydrogen) atoms. The third kappa shape index (κ3) is 3.77. The normalized spacial score (nSPS) is 11.4. The van der Waals surface area contributed by atoms with Crippen molar-refractivity contribution in [2.45, 2.75) is 4.90 Å². The van der Waals surface area contributed by atoms with Gasteiger partial charge in [-0.05, 0) is 78.1 Å². The number of sulfonamides is 1. The number of nitrogens with one attached hydrogen (secondary N) is 1. The van der Waals surface area contributed by atoms with Crippen molar-refractivity contribution in [2.24, 2.45) is 0 Å². The number of anilines is 2. The lowest BCUT2D eigenvalue weighted by atomic mass is 10.3. The Hall–Kier alpha value is -0.640. The highest BCUT2D eigenvalue weighted by Gasteiger charge is 2.23. The monoisotopic (exact) mass is 500 g/mol. The van der Waals surface area contributed by atoms with Gasteiger partial charge in [-0.1, -0.05) is 0 Å². The molecule has 0 amide bonds. The van der Waals surface area contributed by atoms with Crippen LogP contribution in [0.25, 0.3) is 0 Å². The summed E-state index contributed by atoms with van der Waals surface area (Å²) in [6.45, 7) is 0. The molecule has 0 aliphatic carbocycles. The molecule has 0 saturated carbocycles. The van der Waals surface area contributed by atoms with Crippen LogP contribution in [0, 0.1) is 5.82 Å². The Kier molecular flexibility index (Phi) is 4.96. The molecule has 0 aliphatic rings. The average Bonchev–Trinajstić information content (AvgIpc) is 2.31. The van der Waals surface area contributed by atoms with Gasteiger partial charge in [0, 0.05) is 19.1 Å². The number of benzene rings is 2. The lowest BCUT2D eigenvalue weighted by Crippen LogP contribution is -2.15. The lowest BCUT2D eigenvalue weighted by Gasteiger charge is -2.13. The van der Waals surface area contributed by atoms with Crippen LogP contribution in [0.3, 0.4) is 0 Å². The van der Waals surface area contributed by atoms with Crippen LogP contribution in [0.15, 0.2) is 48.6 Å². The third-order valence-corrected chi connectivity index (χ3v) is 6.40. The lowest BCUT2D eigenvalue weighted by molar-refractivity contribution is 0.600. The second-order valence-electron chi connectivity index (χ2n) is 4.04. The number of rotatable bonds is 3. The summed E-state index contributed by atoms with van der Waals surface area (Å²) in [5.41, 5.74) is 6.14. The van der Waals surface area contributed by atoms with E-state index in [0.717, 1.165) is 6.07 Å². The van der Waals surface area contributed by atoms with E-state index in [1.165, 1.54) is 24.3 Å². The third-order valence-electron chi connectivity index (χ3n) is 2.46. The summed E-state index contributed by atoms with van der Waals surface area (Å²) in [6.07, 6.45) is 0. The number of hydrogen-bond acceptors (Lipinski definition) is 3. The zero-order chi connectivity index (χ0) is 15.8. The van der Waals surface area contributed by atoms with Gasteiger partial charge >= 0.3 is 0 Å². The fourth-order valence-corrected chi connectivity index (χ4v) is 5.78. The number of nitrogens with two attached hydrogens (primary N) is 1. The van der Waals surface area contributed by atoms with E-state index in [1.54, 1.807) is 0 Å². The molecule has 0 aliphatic heterocycles. The summed E-state index contributed by atoms with van der Waals surface area (Å²) in [7, 11) is -3.93. The molecular weight excluding hydrogens is 495 g/mol. The van der Waals surface area contributed by atoms with E-state index in [4.69, 9.17) is 5.73 Å². The van der Waals surface area contributed by atoms with Crippen molar-refractivity contribution < 1.29 is 12.8 Å². The fourth-order valence-electron chi connectivity index (χ4n) is 1.61. The Bertz CT molecular complexity index is 789. The van der Waals surface area contributed by atoms with Crippen LogP contribution in [0.4, 0.5) is 15.8 Å². The van der Waals surface area contributed by atoms with Gasteiger partial charge in [0.2, 0.25) is 0 Å². The van der Waals surface area contributed by atoms with Gasteiger partial charge in [0.15, 0.2) is 0 Å². The van der Waals surface area contributed by atoms with Gasteiger partial charge in [0.05, 0.1) is 5.69 Å². The van der Waals surface area contributed by atoms with Crippen molar-refractivity contribution in [3.05, 3.63) is 49.6 Å². The van der Waals surface area contributed by atoms with Crippen molar-refractivity contribution in [3.63, 3.8) is 0 Å². The molecular formula is C12H8Br3FN2O2S. The van der Waals surface area contributed by atoms with Crippen molar-refractivity contribution in [3.8, 4) is 0 Å². The maximum Gasteiger partial charge on any atom is 0.264 e. The number of nitrogen functional groups attached to an aromatic ring is 1. The SMILES string of the molecule is Nc1cc(Br)c(S(=O)(=O)Nc2cc(F)ccc2Br)c(Br)c1. The molecule has 3 N–H and O–H groups in total. The minimum absolute atomic E-state index is 0.0205. The van der Waals surface area contributed by atoms with Crippen LogP contribution < -0.4 is 10.5 Å². The van der Waals surface area contributed by atoms with E-state index >= 15 is 0 Å². The van der Waals surface area contributed by atoms with Gasteiger partial charge in [-0.3, -0.25) is 4.72 Å². The molecule has 0 unspecified atom stereocenters. The van der Waals surface area contributed by atoms with Crippen molar-refractivity contribution in [1.82, 2.24) is 0 Å². The summed E-state index contributed by atoms with van der Waals surface area (Å²) in [5.74, 6) is -0.550. The first-order chi connectivity index (χ1) is 9.70. The quantitative estimate of drug-likeness (QED) is 0.607. The van der Waals surface area contributed by atoms with Crippen LogP contribution in [-0.4, -0.2) is 8.42 Å².